The topological polar surface area (TPSA) is 104 Å². The average molecular weight is 414 g/mol. The molecule has 1 heterocycles. The molecule has 142 valence electrons. The zero-order chi connectivity index (χ0) is 20.1. The molecular weight excluding hydrogens is 398 g/mol. The molecule has 3 aromatic rings. The van der Waals surface area contributed by atoms with Gasteiger partial charge in [-0.25, -0.2) is 4.98 Å². The van der Waals surface area contributed by atoms with Crippen molar-refractivity contribution in [1.82, 2.24) is 15.2 Å². The van der Waals surface area contributed by atoms with Crippen LogP contribution in [0.15, 0.2) is 47.6 Å². The lowest BCUT2D eigenvalue weighted by molar-refractivity contribution is -0.115. The first-order valence-electron chi connectivity index (χ1n) is 8.24. The highest BCUT2D eigenvalue weighted by Gasteiger charge is 2.18. The molecule has 7 nitrogen and oxygen atoms in total. The van der Waals surface area contributed by atoms with Gasteiger partial charge < -0.3 is 10.1 Å². The third-order valence-electron chi connectivity index (χ3n) is 3.84. The first-order valence-corrected chi connectivity index (χ1v) is 9.50. The molecule has 2 N–H and O–H groups in total. The number of methoxy groups -OCH3 is 1. The molecule has 2 aromatic carbocycles. The van der Waals surface area contributed by atoms with Gasteiger partial charge in [-0.2, -0.15) is 5.26 Å². The van der Waals surface area contributed by atoms with Crippen molar-refractivity contribution in [2.45, 2.75) is 17.3 Å². The summed E-state index contributed by atoms with van der Waals surface area (Å²) in [5.41, 5.74) is 1.74. The fraction of sp³-hybridized carbons (Fsp3) is 0.158. The lowest BCUT2D eigenvalue weighted by Crippen LogP contribution is -2.22. The second-order valence-corrected chi connectivity index (χ2v) is 7.47. The van der Waals surface area contributed by atoms with E-state index in [2.05, 4.69) is 20.5 Å². The number of ether oxygens (including phenoxy) is 1. The predicted molar refractivity (Wildman–Crippen MR) is 108 cm³/mol. The zero-order valence-electron chi connectivity index (χ0n) is 15.1. The molecule has 0 saturated carbocycles. The van der Waals surface area contributed by atoms with E-state index in [0.717, 1.165) is 11.3 Å². The van der Waals surface area contributed by atoms with Gasteiger partial charge in [-0.1, -0.05) is 23.4 Å². The molecule has 3 rings (SSSR count). The number of carbonyl (C=O) groups is 1. The van der Waals surface area contributed by atoms with E-state index in [4.69, 9.17) is 21.6 Å². The number of anilines is 1. The Morgan fingerprint density at radius 3 is 2.71 bits per heavy atom. The minimum atomic E-state index is -0.436. The van der Waals surface area contributed by atoms with Crippen LogP contribution in [0.3, 0.4) is 0 Å². The molecule has 28 heavy (non-hydrogen) atoms. The van der Waals surface area contributed by atoms with Crippen LogP contribution in [0.4, 0.5) is 5.69 Å². The molecule has 9 heteroatoms. The van der Waals surface area contributed by atoms with Crippen molar-refractivity contribution in [1.29, 1.82) is 5.26 Å². The normalized spacial score (nSPS) is 11.5. The van der Waals surface area contributed by atoms with Crippen molar-refractivity contribution in [3.05, 3.63) is 53.1 Å². The summed E-state index contributed by atoms with van der Waals surface area (Å²) in [6.45, 7) is 1.76. The van der Waals surface area contributed by atoms with E-state index in [9.17, 15) is 4.79 Å². The maximum atomic E-state index is 12.4. The SMILES string of the molecule is COc1ccc(-c2nc(SC(C)C(=O)Nc3ccc(C#N)c(Cl)c3)n[nH]2)cc1. The monoisotopic (exact) mass is 413 g/mol. The van der Waals surface area contributed by atoms with Gasteiger partial charge in [0.25, 0.3) is 0 Å². The molecule has 0 radical (unpaired) electrons. The van der Waals surface area contributed by atoms with Crippen LogP contribution >= 0.6 is 23.4 Å². The summed E-state index contributed by atoms with van der Waals surface area (Å²) >= 11 is 7.22. The molecule has 1 atom stereocenters. The molecule has 0 bridgehead atoms. The van der Waals surface area contributed by atoms with Crippen molar-refractivity contribution < 1.29 is 9.53 Å². The maximum Gasteiger partial charge on any atom is 0.237 e. The van der Waals surface area contributed by atoms with Crippen LogP contribution in [0.5, 0.6) is 5.75 Å². The van der Waals surface area contributed by atoms with Gasteiger partial charge in [0.05, 0.1) is 22.9 Å². The van der Waals surface area contributed by atoms with Gasteiger partial charge in [0, 0.05) is 11.3 Å². The van der Waals surface area contributed by atoms with Crippen molar-refractivity contribution in [2.75, 3.05) is 12.4 Å². The lowest BCUT2D eigenvalue weighted by atomic mass is 10.2. The van der Waals surface area contributed by atoms with Gasteiger partial charge in [0.1, 0.15) is 11.8 Å². The third-order valence-corrected chi connectivity index (χ3v) is 5.11. The Kier molecular flexibility index (Phi) is 6.19. The van der Waals surface area contributed by atoms with E-state index in [-0.39, 0.29) is 5.91 Å². The van der Waals surface area contributed by atoms with Gasteiger partial charge in [-0.15, -0.1) is 5.10 Å². The quantitative estimate of drug-likeness (QED) is 0.589. The van der Waals surface area contributed by atoms with Gasteiger partial charge >= 0.3 is 0 Å². The van der Waals surface area contributed by atoms with Crippen LogP contribution in [-0.4, -0.2) is 33.4 Å². The standard InChI is InChI=1S/C19H16ClN5O2S/c1-11(18(26)22-14-6-3-13(10-21)16(20)9-14)28-19-23-17(24-25-19)12-4-7-15(27-2)8-5-12/h3-9,11H,1-2H3,(H,22,26)(H,23,24,25). The summed E-state index contributed by atoms with van der Waals surface area (Å²) < 4.78 is 5.14. The maximum absolute atomic E-state index is 12.4. The molecule has 1 aromatic heterocycles. The number of hydrogen-bond acceptors (Lipinski definition) is 6. The average Bonchev–Trinajstić information content (AvgIpc) is 3.16. The van der Waals surface area contributed by atoms with Crippen LogP contribution in [-0.2, 0) is 4.79 Å². The zero-order valence-corrected chi connectivity index (χ0v) is 16.6. The first-order chi connectivity index (χ1) is 13.5. The Morgan fingerprint density at radius 1 is 1.32 bits per heavy atom. The van der Waals surface area contributed by atoms with Crippen molar-refractivity contribution in [2.24, 2.45) is 0 Å². The second-order valence-electron chi connectivity index (χ2n) is 5.75. The second kappa shape index (κ2) is 8.78. The van der Waals surface area contributed by atoms with E-state index in [1.54, 1.807) is 32.2 Å². The summed E-state index contributed by atoms with van der Waals surface area (Å²) in [5, 5.41) is 19.0. The molecule has 0 aliphatic rings. The Bertz CT molecular complexity index is 1030. The van der Waals surface area contributed by atoms with E-state index in [1.807, 2.05) is 30.3 Å². The fourth-order valence-electron chi connectivity index (χ4n) is 2.32. The van der Waals surface area contributed by atoms with Crippen LogP contribution < -0.4 is 10.1 Å². The highest BCUT2D eigenvalue weighted by molar-refractivity contribution is 8.00. The predicted octanol–water partition coefficient (Wildman–Crippen LogP) is 4.12. The Morgan fingerprint density at radius 2 is 2.07 bits per heavy atom. The van der Waals surface area contributed by atoms with Crippen LogP contribution in [0.25, 0.3) is 11.4 Å². The third kappa shape index (κ3) is 4.63. The number of carbonyl (C=O) groups excluding carboxylic acids is 1. The molecule has 0 fully saturated rings. The number of rotatable bonds is 6. The lowest BCUT2D eigenvalue weighted by Gasteiger charge is -2.10. The number of nitriles is 1. The number of nitrogens with one attached hydrogen (secondary N) is 2. The summed E-state index contributed by atoms with van der Waals surface area (Å²) in [5.74, 6) is 1.14. The molecule has 0 spiro atoms. The number of halogens is 1. The number of aromatic nitrogens is 3. The number of thioether (sulfide) groups is 1. The molecule has 0 aliphatic carbocycles. The summed E-state index contributed by atoms with van der Waals surface area (Å²) in [6.07, 6.45) is 0. The van der Waals surface area contributed by atoms with E-state index >= 15 is 0 Å². The first kappa shape index (κ1) is 19.7. The van der Waals surface area contributed by atoms with E-state index in [1.165, 1.54) is 11.8 Å². The minimum absolute atomic E-state index is 0.221. The van der Waals surface area contributed by atoms with Gasteiger partial charge in [-0.3, -0.25) is 9.89 Å². The molecule has 0 saturated heterocycles. The van der Waals surface area contributed by atoms with Crippen LogP contribution in [0, 0.1) is 11.3 Å². The highest BCUT2D eigenvalue weighted by atomic mass is 35.5. The Labute approximate surface area is 171 Å². The molecular formula is C19H16ClN5O2S. The number of benzene rings is 2. The Hall–Kier alpha value is -3.02. The van der Waals surface area contributed by atoms with Crippen LogP contribution in [0.2, 0.25) is 5.02 Å². The number of aromatic amines is 1. The fourth-order valence-corrected chi connectivity index (χ4v) is 3.26. The smallest absolute Gasteiger partial charge is 0.237 e. The van der Waals surface area contributed by atoms with Gasteiger partial charge in [0.2, 0.25) is 11.1 Å². The van der Waals surface area contributed by atoms with Gasteiger partial charge in [0.15, 0.2) is 5.82 Å². The number of H-pyrrole nitrogens is 1. The summed E-state index contributed by atoms with van der Waals surface area (Å²) in [7, 11) is 1.61. The highest BCUT2D eigenvalue weighted by Crippen LogP contribution is 2.25. The number of amides is 1. The number of hydrogen-bond donors (Lipinski definition) is 2. The van der Waals surface area contributed by atoms with Crippen molar-refractivity contribution in [3.8, 4) is 23.2 Å². The van der Waals surface area contributed by atoms with E-state index in [0.29, 0.717) is 27.3 Å². The summed E-state index contributed by atoms with van der Waals surface area (Å²) in [4.78, 5) is 16.8. The summed E-state index contributed by atoms with van der Waals surface area (Å²) in [6, 6.07) is 14.1. The van der Waals surface area contributed by atoms with Crippen LogP contribution in [0.1, 0.15) is 12.5 Å². The Balaban J connectivity index is 1.63. The number of nitrogens with zero attached hydrogens (tertiary/aromatic N) is 3. The largest absolute Gasteiger partial charge is 0.497 e. The van der Waals surface area contributed by atoms with Crippen molar-refractivity contribution in [3.63, 3.8) is 0 Å². The molecule has 1 unspecified atom stereocenters. The molecule has 1 amide bonds. The molecule has 0 aliphatic heterocycles. The minimum Gasteiger partial charge on any atom is -0.497 e. The van der Waals surface area contributed by atoms with E-state index < -0.39 is 5.25 Å². The van der Waals surface area contributed by atoms with Crippen molar-refractivity contribution >= 4 is 35.0 Å². The van der Waals surface area contributed by atoms with Gasteiger partial charge in [-0.05, 0) is 49.4 Å².